The number of halogens is 1. The Bertz CT molecular complexity index is 257. The number of nitrogens with zero attached hydrogens (tertiary/aromatic N) is 1. The highest BCUT2D eigenvalue weighted by Crippen LogP contribution is 2.27. The van der Waals surface area contributed by atoms with E-state index in [1.165, 1.54) is 19.3 Å². The molecular weight excluding hydrogens is 252 g/mol. The van der Waals surface area contributed by atoms with Crippen LogP contribution >= 0.6 is 12.4 Å². The summed E-state index contributed by atoms with van der Waals surface area (Å²) in [5.74, 6) is 1.62. The summed E-state index contributed by atoms with van der Waals surface area (Å²) >= 11 is 0. The lowest BCUT2D eigenvalue weighted by atomic mass is 9.99. The molecule has 1 heterocycles. The Morgan fingerprint density at radius 3 is 2.78 bits per heavy atom. The minimum atomic E-state index is 0. The molecule has 1 aliphatic carbocycles. The van der Waals surface area contributed by atoms with Gasteiger partial charge < -0.3 is 15.0 Å². The van der Waals surface area contributed by atoms with Gasteiger partial charge in [0.05, 0.1) is 13.2 Å². The van der Waals surface area contributed by atoms with Gasteiger partial charge in [-0.1, -0.05) is 0 Å². The van der Waals surface area contributed by atoms with Crippen LogP contribution in [0.2, 0.25) is 0 Å². The third-order valence-electron chi connectivity index (χ3n) is 3.68. The first-order chi connectivity index (χ1) is 8.29. The normalized spacial score (nSPS) is 23.6. The second-order valence-electron chi connectivity index (χ2n) is 5.38. The minimum absolute atomic E-state index is 0. The van der Waals surface area contributed by atoms with Crippen LogP contribution < -0.4 is 5.32 Å². The lowest BCUT2D eigenvalue weighted by molar-refractivity contribution is -0.132. The molecule has 1 unspecified atom stereocenters. The molecule has 0 bridgehead atoms. The molecule has 4 nitrogen and oxygen atoms in total. The molecule has 1 saturated carbocycles. The number of rotatable bonds is 6. The first-order valence-electron chi connectivity index (χ1n) is 6.77. The van der Waals surface area contributed by atoms with Crippen LogP contribution in [0.25, 0.3) is 0 Å². The average Bonchev–Trinajstić information content (AvgIpc) is 3.14. The Morgan fingerprint density at radius 1 is 1.33 bits per heavy atom. The molecule has 0 radical (unpaired) electrons. The number of methoxy groups -OCH3 is 1. The SMILES string of the molecule is COCC1CCCN(C(=O)CNCC2CC2)C1.Cl. The predicted octanol–water partition coefficient (Wildman–Crippen LogP) is 1.29. The van der Waals surface area contributed by atoms with Gasteiger partial charge in [0.2, 0.25) is 5.91 Å². The standard InChI is InChI=1S/C13H24N2O2.ClH/c1-17-10-12-3-2-6-15(9-12)13(16)8-14-7-11-4-5-11;/h11-12,14H,2-10H2,1H3;1H. The molecule has 0 aromatic rings. The van der Waals surface area contributed by atoms with E-state index >= 15 is 0 Å². The van der Waals surface area contributed by atoms with E-state index in [2.05, 4.69) is 5.32 Å². The van der Waals surface area contributed by atoms with Crippen molar-refractivity contribution < 1.29 is 9.53 Å². The fraction of sp³-hybridized carbons (Fsp3) is 0.923. The molecule has 2 aliphatic rings. The van der Waals surface area contributed by atoms with Crippen molar-refractivity contribution >= 4 is 18.3 Å². The largest absolute Gasteiger partial charge is 0.384 e. The summed E-state index contributed by atoms with van der Waals surface area (Å²) in [5.41, 5.74) is 0. The van der Waals surface area contributed by atoms with Gasteiger partial charge in [0.1, 0.15) is 0 Å². The summed E-state index contributed by atoms with van der Waals surface area (Å²) in [7, 11) is 1.73. The average molecular weight is 277 g/mol. The van der Waals surface area contributed by atoms with Crippen LogP contribution in [-0.2, 0) is 9.53 Å². The zero-order valence-corrected chi connectivity index (χ0v) is 12.0. The van der Waals surface area contributed by atoms with Crippen LogP contribution in [0.4, 0.5) is 0 Å². The second kappa shape index (κ2) is 7.97. The highest BCUT2D eigenvalue weighted by atomic mass is 35.5. The molecule has 18 heavy (non-hydrogen) atoms. The first-order valence-corrected chi connectivity index (χ1v) is 6.77. The highest BCUT2D eigenvalue weighted by Gasteiger charge is 2.24. The number of hydrogen-bond acceptors (Lipinski definition) is 3. The molecule has 2 rings (SSSR count). The molecule has 2 fully saturated rings. The molecule has 0 aromatic heterocycles. The quantitative estimate of drug-likeness (QED) is 0.795. The lowest BCUT2D eigenvalue weighted by Gasteiger charge is -2.32. The van der Waals surface area contributed by atoms with Crippen LogP contribution in [0.1, 0.15) is 25.7 Å². The number of carbonyl (C=O) groups is 1. The number of carbonyl (C=O) groups excluding carboxylic acids is 1. The van der Waals surface area contributed by atoms with Gasteiger partial charge in [-0.25, -0.2) is 0 Å². The van der Waals surface area contributed by atoms with Crippen LogP contribution in [0, 0.1) is 11.8 Å². The summed E-state index contributed by atoms with van der Waals surface area (Å²) in [6, 6.07) is 0. The Labute approximate surface area is 116 Å². The van der Waals surface area contributed by atoms with Gasteiger partial charge >= 0.3 is 0 Å². The third-order valence-corrected chi connectivity index (χ3v) is 3.68. The molecule has 1 N–H and O–H groups in total. The van der Waals surface area contributed by atoms with E-state index in [1.807, 2.05) is 4.90 Å². The Balaban J connectivity index is 0.00000162. The Kier molecular flexibility index (Phi) is 6.97. The molecular formula is C13H25ClN2O2. The van der Waals surface area contributed by atoms with Gasteiger partial charge in [0.15, 0.2) is 0 Å². The van der Waals surface area contributed by atoms with Crippen molar-refractivity contribution in [2.45, 2.75) is 25.7 Å². The highest BCUT2D eigenvalue weighted by molar-refractivity contribution is 5.85. The van der Waals surface area contributed by atoms with E-state index < -0.39 is 0 Å². The van der Waals surface area contributed by atoms with E-state index in [9.17, 15) is 4.79 Å². The molecule has 1 amide bonds. The van der Waals surface area contributed by atoms with Crippen LogP contribution in [0.15, 0.2) is 0 Å². The van der Waals surface area contributed by atoms with Crippen molar-refractivity contribution in [2.75, 3.05) is 39.9 Å². The van der Waals surface area contributed by atoms with Crippen molar-refractivity contribution in [3.8, 4) is 0 Å². The maximum atomic E-state index is 12.0. The van der Waals surface area contributed by atoms with Gasteiger partial charge in [-0.15, -0.1) is 12.4 Å². The maximum Gasteiger partial charge on any atom is 0.236 e. The van der Waals surface area contributed by atoms with Gasteiger partial charge in [-0.3, -0.25) is 4.79 Å². The number of ether oxygens (including phenoxy) is 1. The smallest absolute Gasteiger partial charge is 0.236 e. The van der Waals surface area contributed by atoms with E-state index in [-0.39, 0.29) is 18.3 Å². The summed E-state index contributed by atoms with van der Waals surface area (Å²) in [4.78, 5) is 14.0. The lowest BCUT2D eigenvalue weighted by Crippen LogP contribution is -2.45. The van der Waals surface area contributed by atoms with Crippen LogP contribution in [0.5, 0.6) is 0 Å². The van der Waals surface area contributed by atoms with Gasteiger partial charge in [0.25, 0.3) is 0 Å². The van der Waals surface area contributed by atoms with Crippen LogP contribution in [-0.4, -0.2) is 50.7 Å². The van der Waals surface area contributed by atoms with Crippen molar-refractivity contribution in [2.24, 2.45) is 11.8 Å². The first kappa shape index (κ1) is 15.7. The number of amides is 1. The van der Waals surface area contributed by atoms with E-state index in [4.69, 9.17) is 4.74 Å². The van der Waals surface area contributed by atoms with Gasteiger partial charge in [0, 0.05) is 20.2 Å². The monoisotopic (exact) mass is 276 g/mol. The molecule has 1 atom stereocenters. The Morgan fingerprint density at radius 2 is 2.11 bits per heavy atom. The van der Waals surface area contributed by atoms with Gasteiger partial charge in [-0.05, 0) is 44.1 Å². The molecule has 1 saturated heterocycles. The summed E-state index contributed by atoms with van der Waals surface area (Å²) in [5, 5.41) is 3.27. The van der Waals surface area contributed by atoms with Crippen molar-refractivity contribution in [3.63, 3.8) is 0 Å². The fourth-order valence-electron chi connectivity index (χ4n) is 2.48. The number of nitrogens with one attached hydrogen (secondary N) is 1. The van der Waals surface area contributed by atoms with Crippen LogP contribution in [0.3, 0.4) is 0 Å². The van der Waals surface area contributed by atoms with Gasteiger partial charge in [-0.2, -0.15) is 0 Å². The number of likely N-dealkylation sites (tertiary alicyclic amines) is 1. The summed E-state index contributed by atoms with van der Waals surface area (Å²) in [6.07, 6.45) is 4.97. The number of hydrogen-bond donors (Lipinski definition) is 1. The maximum absolute atomic E-state index is 12.0. The molecule has 5 heteroatoms. The minimum Gasteiger partial charge on any atom is -0.384 e. The van der Waals surface area contributed by atoms with E-state index in [1.54, 1.807) is 7.11 Å². The zero-order chi connectivity index (χ0) is 12.1. The van der Waals surface area contributed by atoms with Crippen molar-refractivity contribution in [1.82, 2.24) is 10.2 Å². The number of piperidine rings is 1. The zero-order valence-electron chi connectivity index (χ0n) is 11.2. The fourth-order valence-corrected chi connectivity index (χ4v) is 2.48. The molecule has 1 aliphatic heterocycles. The predicted molar refractivity (Wildman–Crippen MR) is 74.0 cm³/mol. The summed E-state index contributed by atoms with van der Waals surface area (Å²) < 4.78 is 5.18. The molecule has 106 valence electrons. The molecule has 0 spiro atoms. The topological polar surface area (TPSA) is 41.6 Å². The summed E-state index contributed by atoms with van der Waals surface area (Å²) in [6.45, 7) is 4.10. The molecule has 0 aromatic carbocycles. The second-order valence-corrected chi connectivity index (χ2v) is 5.38. The van der Waals surface area contributed by atoms with Crippen molar-refractivity contribution in [1.29, 1.82) is 0 Å². The Hall–Kier alpha value is -0.320. The van der Waals surface area contributed by atoms with E-state index in [0.717, 1.165) is 38.6 Å². The van der Waals surface area contributed by atoms with Crippen molar-refractivity contribution in [3.05, 3.63) is 0 Å². The third kappa shape index (κ3) is 5.12. The van der Waals surface area contributed by atoms with E-state index in [0.29, 0.717) is 12.5 Å².